The molecule has 1 fully saturated rings. The minimum absolute atomic E-state index is 0.0191. The predicted octanol–water partition coefficient (Wildman–Crippen LogP) is 1.86. The fourth-order valence-electron chi connectivity index (χ4n) is 3.07. The van der Waals surface area contributed by atoms with Crippen LogP contribution in [0.2, 0.25) is 0 Å². The maximum atomic E-state index is 13.1. The molecule has 0 aromatic heterocycles. The molecule has 0 bridgehead atoms. The van der Waals surface area contributed by atoms with Gasteiger partial charge in [0.1, 0.15) is 5.54 Å². The molecule has 154 valence electrons. The molecule has 0 aliphatic carbocycles. The lowest BCUT2D eigenvalue weighted by Gasteiger charge is -2.41. The summed E-state index contributed by atoms with van der Waals surface area (Å²) in [6.07, 6.45) is 1.59. The van der Waals surface area contributed by atoms with Crippen LogP contribution in [0.1, 0.15) is 40.5 Å². The molecule has 1 saturated heterocycles. The minimum Gasteiger partial charge on any atom is -0.340 e. The van der Waals surface area contributed by atoms with E-state index in [1.807, 2.05) is 49.8 Å². The Bertz CT molecular complexity index is 597. The summed E-state index contributed by atoms with van der Waals surface area (Å²) in [5, 5.41) is 6.52. The number of hydrazone groups is 1. The van der Waals surface area contributed by atoms with Crippen LogP contribution in [0.25, 0.3) is 0 Å². The van der Waals surface area contributed by atoms with Gasteiger partial charge in [-0.15, -0.1) is 0 Å². The van der Waals surface area contributed by atoms with Crippen LogP contribution in [-0.4, -0.2) is 90.6 Å². The van der Waals surface area contributed by atoms with Crippen molar-refractivity contribution < 1.29 is 9.59 Å². The molecular weight excluding hydrogens is 342 g/mol. The van der Waals surface area contributed by atoms with Gasteiger partial charge >= 0.3 is 0 Å². The first-order chi connectivity index (χ1) is 12.4. The van der Waals surface area contributed by atoms with Crippen LogP contribution in [0, 0.1) is 5.92 Å². The zero-order chi connectivity index (χ0) is 20.9. The van der Waals surface area contributed by atoms with Gasteiger partial charge in [0.15, 0.2) is 0 Å². The van der Waals surface area contributed by atoms with Crippen molar-refractivity contribution in [3.63, 3.8) is 0 Å². The van der Waals surface area contributed by atoms with E-state index in [2.05, 4.69) is 25.5 Å². The van der Waals surface area contributed by atoms with Crippen LogP contribution >= 0.6 is 0 Å². The second-order valence-electron chi connectivity index (χ2n) is 8.19. The quantitative estimate of drug-likeness (QED) is 0.634. The fourth-order valence-corrected chi connectivity index (χ4v) is 3.07. The van der Waals surface area contributed by atoms with E-state index in [0.717, 1.165) is 24.3 Å². The van der Waals surface area contributed by atoms with Crippen molar-refractivity contribution in [3.8, 4) is 0 Å². The molecule has 0 aromatic rings. The molecule has 1 aliphatic rings. The smallest absolute Gasteiger partial charge is 0.247 e. The highest BCUT2D eigenvalue weighted by Crippen LogP contribution is 2.22. The summed E-state index contributed by atoms with van der Waals surface area (Å²) in [4.78, 5) is 30.8. The van der Waals surface area contributed by atoms with Gasteiger partial charge in [-0.1, -0.05) is 20.4 Å². The number of piperidine rings is 1. The van der Waals surface area contributed by atoms with E-state index in [1.54, 1.807) is 11.9 Å². The Labute approximate surface area is 164 Å². The average molecular weight is 380 g/mol. The van der Waals surface area contributed by atoms with E-state index in [4.69, 9.17) is 0 Å². The van der Waals surface area contributed by atoms with E-state index in [-0.39, 0.29) is 24.3 Å². The van der Waals surface area contributed by atoms with E-state index >= 15 is 0 Å². The standard InChI is InChI=1S/C20H37N5O2/c1-10-16(3)24(9)21-17-11-12-25(13-15(17)2)19(27)20(4,5)23(8)18(26)14-22(6)7/h15H,3,10-14H2,1-2,4-9H3/b21-17+. The summed E-state index contributed by atoms with van der Waals surface area (Å²) in [6, 6.07) is 0. The highest BCUT2D eigenvalue weighted by Gasteiger charge is 2.40. The number of allylic oxidation sites excluding steroid dienone is 1. The first kappa shape index (κ1) is 23.1. The van der Waals surface area contributed by atoms with Crippen molar-refractivity contribution >= 4 is 17.5 Å². The van der Waals surface area contributed by atoms with E-state index in [1.165, 1.54) is 0 Å². The summed E-state index contributed by atoms with van der Waals surface area (Å²) in [5.41, 5.74) is 1.18. The number of rotatable bonds is 7. The lowest BCUT2D eigenvalue weighted by Crippen LogP contribution is -2.59. The molecule has 1 atom stereocenters. The summed E-state index contributed by atoms with van der Waals surface area (Å²) in [5.74, 6) is 0.0908. The van der Waals surface area contributed by atoms with E-state index < -0.39 is 5.54 Å². The molecule has 2 amide bonds. The Morgan fingerprint density at radius 1 is 1.26 bits per heavy atom. The van der Waals surface area contributed by atoms with Crippen LogP contribution in [-0.2, 0) is 9.59 Å². The number of carbonyl (C=O) groups excluding carboxylic acids is 2. The highest BCUT2D eigenvalue weighted by molar-refractivity contribution is 5.94. The largest absolute Gasteiger partial charge is 0.340 e. The van der Waals surface area contributed by atoms with Crippen molar-refractivity contribution in [2.75, 3.05) is 47.8 Å². The summed E-state index contributed by atoms with van der Waals surface area (Å²) >= 11 is 0. The lowest BCUT2D eigenvalue weighted by molar-refractivity contribution is -0.151. The first-order valence-corrected chi connectivity index (χ1v) is 9.61. The van der Waals surface area contributed by atoms with E-state index in [9.17, 15) is 9.59 Å². The number of amides is 2. The number of hydrogen-bond donors (Lipinski definition) is 0. The highest BCUT2D eigenvalue weighted by atomic mass is 16.2. The third-order valence-corrected chi connectivity index (χ3v) is 5.32. The van der Waals surface area contributed by atoms with Crippen LogP contribution in [0.3, 0.4) is 0 Å². The molecule has 0 radical (unpaired) electrons. The second kappa shape index (κ2) is 9.35. The van der Waals surface area contributed by atoms with Crippen molar-refractivity contribution in [3.05, 3.63) is 12.3 Å². The minimum atomic E-state index is -0.880. The maximum absolute atomic E-state index is 13.1. The molecule has 0 spiro atoms. The van der Waals surface area contributed by atoms with Crippen molar-refractivity contribution in [1.82, 2.24) is 19.7 Å². The third-order valence-electron chi connectivity index (χ3n) is 5.32. The Morgan fingerprint density at radius 2 is 1.85 bits per heavy atom. The van der Waals surface area contributed by atoms with Crippen molar-refractivity contribution in [1.29, 1.82) is 0 Å². The Morgan fingerprint density at radius 3 is 2.33 bits per heavy atom. The van der Waals surface area contributed by atoms with Crippen LogP contribution in [0.4, 0.5) is 0 Å². The molecule has 1 unspecified atom stereocenters. The first-order valence-electron chi connectivity index (χ1n) is 9.61. The van der Waals surface area contributed by atoms with Crippen LogP contribution in [0.15, 0.2) is 17.4 Å². The third kappa shape index (κ3) is 5.79. The average Bonchev–Trinajstić information content (AvgIpc) is 2.60. The van der Waals surface area contributed by atoms with Gasteiger partial charge in [0.25, 0.3) is 0 Å². The molecule has 1 aliphatic heterocycles. The zero-order valence-electron chi connectivity index (χ0n) is 18.4. The number of likely N-dealkylation sites (N-methyl/N-ethyl adjacent to an activating group) is 2. The molecule has 1 heterocycles. The summed E-state index contributed by atoms with van der Waals surface area (Å²) in [7, 11) is 7.31. The Balaban J connectivity index is 2.82. The van der Waals surface area contributed by atoms with Gasteiger partial charge < -0.3 is 14.7 Å². The molecule has 1 rings (SSSR count). The van der Waals surface area contributed by atoms with Crippen molar-refractivity contribution in [2.45, 2.75) is 46.1 Å². The number of hydrogen-bond acceptors (Lipinski definition) is 5. The Hall–Kier alpha value is -1.89. The summed E-state index contributed by atoms with van der Waals surface area (Å²) < 4.78 is 0. The van der Waals surface area contributed by atoms with Crippen molar-refractivity contribution in [2.24, 2.45) is 11.0 Å². The maximum Gasteiger partial charge on any atom is 0.247 e. The van der Waals surface area contributed by atoms with Gasteiger partial charge in [0, 0.05) is 50.9 Å². The molecule has 7 nitrogen and oxygen atoms in total. The molecule has 0 N–H and O–H groups in total. The fraction of sp³-hybridized carbons (Fsp3) is 0.750. The molecule has 0 saturated carbocycles. The summed E-state index contributed by atoms with van der Waals surface area (Å²) in [6.45, 7) is 13.3. The SMILES string of the molecule is C=C(CC)N(C)/N=C1\CCN(C(=O)C(C)(C)N(C)C(=O)CN(C)C)CC1C. The van der Waals surface area contributed by atoms with Gasteiger partial charge in [-0.05, 0) is 34.4 Å². The van der Waals surface area contributed by atoms with Gasteiger partial charge in [-0.3, -0.25) is 14.6 Å². The topological polar surface area (TPSA) is 59.5 Å². The number of carbonyl (C=O) groups is 2. The second-order valence-corrected chi connectivity index (χ2v) is 8.19. The normalized spacial score (nSPS) is 19.4. The number of likely N-dealkylation sites (tertiary alicyclic amines) is 1. The van der Waals surface area contributed by atoms with Crippen LogP contribution < -0.4 is 0 Å². The van der Waals surface area contributed by atoms with Gasteiger partial charge in [0.05, 0.1) is 6.54 Å². The monoisotopic (exact) mass is 379 g/mol. The van der Waals surface area contributed by atoms with Gasteiger partial charge in [-0.2, -0.15) is 5.10 Å². The zero-order valence-corrected chi connectivity index (χ0v) is 18.4. The lowest BCUT2D eigenvalue weighted by atomic mass is 9.94. The Kier molecular flexibility index (Phi) is 8.02. The number of nitrogens with zero attached hydrogens (tertiary/aromatic N) is 5. The molecule has 7 heteroatoms. The molecule has 27 heavy (non-hydrogen) atoms. The molecule has 0 aromatic carbocycles. The predicted molar refractivity (Wildman–Crippen MR) is 110 cm³/mol. The molecular formula is C20H37N5O2. The van der Waals surface area contributed by atoms with Crippen LogP contribution in [0.5, 0.6) is 0 Å². The van der Waals surface area contributed by atoms with Gasteiger partial charge in [-0.25, -0.2) is 0 Å². The van der Waals surface area contributed by atoms with Gasteiger partial charge in [0.2, 0.25) is 11.8 Å². The van der Waals surface area contributed by atoms with E-state index in [0.29, 0.717) is 13.1 Å².